The summed E-state index contributed by atoms with van der Waals surface area (Å²) < 4.78 is 29.9. The third kappa shape index (κ3) is 4.42. The van der Waals surface area contributed by atoms with E-state index in [2.05, 4.69) is 5.32 Å². The highest BCUT2D eigenvalue weighted by Crippen LogP contribution is 2.29. The first-order chi connectivity index (χ1) is 10.1. The van der Waals surface area contributed by atoms with Gasteiger partial charge in [-0.15, -0.1) is 0 Å². The molecule has 0 unspecified atom stereocenters. The van der Waals surface area contributed by atoms with Crippen LogP contribution in [0.1, 0.15) is 64.2 Å². The van der Waals surface area contributed by atoms with Gasteiger partial charge in [0, 0.05) is 12.1 Å². The third-order valence-corrected chi connectivity index (χ3v) is 7.11. The predicted molar refractivity (Wildman–Crippen MR) is 84.2 cm³/mol. The molecule has 1 saturated heterocycles. The van der Waals surface area contributed by atoms with Gasteiger partial charge in [-0.3, -0.25) is 0 Å². The van der Waals surface area contributed by atoms with E-state index < -0.39 is 9.84 Å². The lowest BCUT2D eigenvalue weighted by molar-refractivity contribution is -0.0452. The summed E-state index contributed by atoms with van der Waals surface area (Å²) in [7, 11) is -2.83. The van der Waals surface area contributed by atoms with Crippen molar-refractivity contribution >= 4 is 9.84 Å². The molecule has 0 aromatic heterocycles. The van der Waals surface area contributed by atoms with Crippen molar-refractivity contribution < 1.29 is 13.2 Å². The number of rotatable bonds is 4. The van der Waals surface area contributed by atoms with E-state index in [1.165, 1.54) is 38.5 Å². The molecule has 2 aliphatic carbocycles. The Hall–Kier alpha value is -0.130. The zero-order chi connectivity index (χ0) is 14.7. The van der Waals surface area contributed by atoms with Gasteiger partial charge in [-0.1, -0.05) is 25.7 Å². The molecule has 2 saturated carbocycles. The van der Waals surface area contributed by atoms with Crippen LogP contribution in [0.4, 0.5) is 0 Å². The first-order valence-electron chi connectivity index (χ1n) is 8.74. The van der Waals surface area contributed by atoms with Gasteiger partial charge in [-0.2, -0.15) is 0 Å². The second kappa shape index (κ2) is 6.97. The van der Waals surface area contributed by atoms with Crippen molar-refractivity contribution in [1.82, 2.24) is 5.32 Å². The summed E-state index contributed by atoms with van der Waals surface area (Å²) in [5, 5.41) is 3.63. The molecule has 0 spiro atoms. The molecule has 0 radical (unpaired) electrons. The molecule has 0 aromatic rings. The third-order valence-electron chi connectivity index (χ3n) is 5.28. The number of hydrogen-bond acceptors (Lipinski definition) is 4. The van der Waals surface area contributed by atoms with Gasteiger partial charge in [0.15, 0.2) is 9.84 Å². The Morgan fingerprint density at radius 2 is 1.57 bits per heavy atom. The van der Waals surface area contributed by atoms with Crippen LogP contribution in [0.2, 0.25) is 0 Å². The molecule has 3 fully saturated rings. The van der Waals surface area contributed by atoms with Crippen LogP contribution in [0.25, 0.3) is 0 Å². The molecule has 0 amide bonds. The maximum absolute atomic E-state index is 11.8. The van der Waals surface area contributed by atoms with Gasteiger partial charge in [0.2, 0.25) is 0 Å². The predicted octanol–water partition coefficient (Wildman–Crippen LogP) is 2.42. The Labute approximate surface area is 128 Å². The fraction of sp³-hybridized carbons (Fsp3) is 1.00. The Bertz CT molecular complexity index is 431. The van der Waals surface area contributed by atoms with Crippen LogP contribution in [0, 0.1) is 0 Å². The van der Waals surface area contributed by atoms with Gasteiger partial charge in [0.05, 0.1) is 23.7 Å². The summed E-state index contributed by atoms with van der Waals surface area (Å²) in [5.41, 5.74) is 0. The molecule has 1 aliphatic heterocycles. The van der Waals surface area contributed by atoms with Gasteiger partial charge in [0.1, 0.15) is 0 Å². The summed E-state index contributed by atoms with van der Waals surface area (Å²) in [6.45, 7) is 0. The lowest BCUT2D eigenvalue weighted by Crippen LogP contribution is -2.52. The molecular formula is C16H29NO3S. The topological polar surface area (TPSA) is 55.4 Å². The highest BCUT2D eigenvalue weighted by Gasteiger charge is 2.33. The first-order valence-corrected chi connectivity index (χ1v) is 10.6. The number of nitrogens with one attached hydrogen (secondary N) is 1. The summed E-state index contributed by atoms with van der Waals surface area (Å²) >= 11 is 0. The Morgan fingerprint density at radius 3 is 2.33 bits per heavy atom. The molecule has 4 nitrogen and oxygen atoms in total. The molecule has 3 rings (SSSR count). The maximum Gasteiger partial charge on any atom is 0.151 e. The minimum absolute atomic E-state index is 0.140. The second-order valence-electron chi connectivity index (χ2n) is 7.09. The SMILES string of the molecule is O=S1(=O)CCC[C@H](N[C@@H]2CCCC[C@@H]2OC2CCCC2)C1. The van der Waals surface area contributed by atoms with Gasteiger partial charge in [-0.25, -0.2) is 8.42 Å². The van der Waals surface area contributed by atoms with E-state index in [4.69, 9.17) is 4.74 Å². The van der Waals surface area contributed by atoms with Gasteiger partial charge >= 0.3 is 0 Å². The first kappa shape index (κ1) is 15.8. The Kier molecular flexibility index (Phi) is 5.23. The zero-order valence-corrected chi connectivity index (χ0v) is 13.7. The minimum atomic E-state index is -2.83. The lowest BCUT2D eigenvalue weighted by Gasteiger charge is -2.37. The van der Waals surface area contributed by atoms with Gasteiger partial charge in [-0.05, 0) is 38.5 Å². The van der Waals surface area contributed by atoms with Crippen LogP contribution in [-0.4, -0.2) is 44.2 Å². The average molecular weight is 315 g/mol. The minimum Gasteiger partial charge on any atom is -0.373 e. The van der Waals surface area contributed by atoms with Crippen molar-refractivity contribution in [2.24, 2.45) is 0 Å². The van der Waals surface area contributed by atoms with Gasteiger partial charge < -0.3 is 10.1 Å². The fourth-order valence-electron chi connectivity index (χ4n) is 4.18. The Morgan fingerprint density at radius 1 is 0.857 bits per heavy atom. The standard InChI is InChI=1S/C16H29NO3S/c18-21(19)11-5-6-13(12-21)17-15-9-3-4-10-16(15)20-14-7-1-2-8-14/h13-17H,1-12H2/t13-,15+,16-/m0/s1. The number of ether oxygens (including phenoxy) is 1. The van der Waals surface area contributed by atoms with E-state index in [0.717, 1.165) is 25.7 Å². The summed E-state index contributed by atoms with van der Waals surface area (Å²) in [6.07, 6.45) is 12.3. The smallest absolute Gasteiger partial charge is 0.151 e. The lowest BCUT2D eigenvalue weighted by atomic mass is 9.91. The van der Waals surface area contributed by atoms with E-state index in [0.29, 0.717) is 29.8 Å². The number of hydrogen-bond donors (Lipinski definition) is 1. The van der Waals surface area contributed by atoms with Crippen LogP contribution in [0.5, 0.6) is 0 Å². The number of sulfone groups is 1. The van der Waals surface area contributed by atoms with Crippen LogP contribution in [-0.2, 0) is 14.6 Å². The Balaban J connectivity index is 1.56. The highest BCUT2D eigenvalue weighted by molar-refractivity contribution is 7.91. The zero-order valence-electron chi connectivity index (χ0n) is 12.9. The quantitative estimate of drug-likeness (QED) is 0.865. The van der Waals surface area contributed by atoms with E-state index in [1.54, 1.807) is 0 Å². The van der Waals surface area contributed by atoms with Crippen molar-refractivity contribution in [1.29, 1.82) is 0 Å². The van der Waals surface area contributed by atoms with E-state index in [1.807, 2.05) is 0 Å². The fourth-order valence-corrected chi connectivity index (χ4v) is 5.83. The molecule has 21 heavy (non-hydrogen) atoms. The average Bonchev–Trinajstić information content (AvgIpc) is 2.93. The van der Waals surface area contributed by atoms with Gasteiger partial charge in [0.25, 0.3) is 0 Å². The monoisotopic (exact) mass is 315 g/mol. The van der Waals surface area contributed by atoms with Crippen molar-refractivity contribution in [3.8, 4) is 0 Å². The van der Waals surface area contributed by atoms with E-state index in [9.17, 15) is 8.42 Å². The van der Waals surface area contributed by atoms with Crippen LogP contribution in [0.15, 0.2) is 0 Å². The molecule has 5 heteroatoms. The van der Waals surface area contributed by atoms with Crippen LogP contribution < -0.4 is 5.32 Å². The molecule has 3 atom stereocenters. The van der Waals surface area contributed by atoms with Crippen LogP contribution in [0.3, 0.4) is 0 Å². The summed E-state index contributed by atoms with van der Waals surface area (Å²) in [4.78, 5) is 0. The van der Waals surface area contributed by atoms with Crippen molar-refractivity contribution in [2.45, 2.75) is 88.5 Å². The van der Waals surface area contributed by atoms with E-state index in [-0.39, 0.29) is 6.04 Å². The molecule has 0 aromatic carbocycles. The molecule has 0 bridgehead atoms. The van der Waals surface area contributed by atoms with Crippen molar-refractivity contribution in [2.75, 3.05) is 11.5 Å². The second-order valence-corrected chi connectivity index (χ2v) is 9.32. The molecule has 1 heterocycles. The highest BCUT2D eigenvalue weighted by atomic mass is 32.2. The summed E-state index contributed by atoms with van der Waals surface area (Å²) in [6, 6.07) is 0.499. The molecular weight excluding hydrogens is 286 g/mol. The van der Waals surface area contributed by atoms with E-state index >= 15 is 0 Å². The van der Waals surface area contributed by atoms with Crippen LogP contribution >= 0.6 is 0 Å². The van der Waals surface area contributed by atoms with Crippen molar-refractivity contribution in [3.05, 3.63) is 0 Å². The normalized spacial score (nSPS) is 37.6. The maximum atomic E-state index is 11.8. The molecule has 122 valence electrons. The van der Waals surface area contributed by atoms with Crippen molar-refractivity contribution in [3.63, 3.8) is 0 Å². The molecule has 1 N–H and O–H groups in total. The summed E-state index contributed by atoms with van der Waals surface area (Å²) in [5.74, 6) is 0.692. The molecule has 3 aliphatic rings. The largest absolute Gasteiger partial charge is 0.373 e.